The number of halogens is 1. The Hall–Kier alpha value is -2.57. The predicted molar refractivity (Wildman–Crippen MR) is 78.0 cm³/mol. The van der Waals surface area contributed by atoms with Crippen LogP contribution in [0.15, 0.2) is 54.7 Å². The van der Waals surface area contributed by atoms with Gasteiger partial charge in [-0.1, -0.05) is 17.7 Å². The van der Waals surface area contributed by atoms with Crippen LogP contribution in [0.1, 0.15) is 5.56 Å². The smallest absolute Gasteiger partial charge is 0.146 e. The van der Waals surface area contributed by atoms with Crippen molar-refractivity contribution in [2.45, 2.75) is 0 Å². The van der Waals surface area contributed by atoms with E-state index in [1.165, 1.54) is 0 Å². The lowest BCUT2D eigenvalue weighted by Crippen LogP contribution is -1.88. The number of benzene rings is 2. The molecule has 20 heavy (non-hydrogen) atoms. The van der Waals surface area contributed by atoms with Crippen LogP contribution in [0.5, 0.6) is 11.5 Å². The number of fused-ring (bicyclic) bond motifs is 1. The van der Waals surface area contributed by atoms with Crippen LogP contribution in [0.2, 0.25) is 5.02 Å². The summed E-state index contributed by atoms with van der Waals surface area (Å²) in [6.45, 7) is 0. The molecule has 96 valence electrons. The highest BCUT2D eigenvalue weighted by atomic mass is 35.5. The SMILES string of the molecule is N#Cc1ccc(Oc2cccc3ncccc23)c(Cl)c1. The zero-order valence-corrected chi connectivity index (χ0v) is 11.1. The first-order chi connectivity index (χ1) is 9.78. The van der Waals surface area contributed by atoms with Gasteiger partial charge in [-0.3, -0.25) is 4.98 Å². The number of nitrogens with zero attached hydrogens (tertiary/aromatic N) is 2. The minimum absolute atomic E-state index is 0.407. The molecule has 0 aliphatic heterocycles. The fourth-order valence-electron chi connectivity index (χ4n) is 1.94. The molecule has 0 atom stereocenters. The average molecular weight is 281 g/mol. The van der Waals surface area contributed by atoms with Gasteiger partial charge in [0.1, 0.15) is 11.5 Å². The molecule has 0 N–H and O–H groups in total. The van der Waals surface area contributed by atoms with Crippen molar-refractivity contribution in [1.29, 1.82) is 5.26 Å². The molecule has 3 aromatic rings. The van der Waals surface area contributed by atoms with E-state index in [0.717, 1.165) is 10.9 Å². The molecule has 4 heteroatoms. The molecule has 0 aliphatic carbocycles. The van der Waals surface area contributed by atoms with Crippen LogP contribution in [-0.4, -0.2) is 4.98 Å². The van der Waals surface area contributed by atoms with E-state index in [1.54, 1.807) is 24.4 Å². The Kier molecular flexibility index (Phi) is 3.24. The van der Waals surface area contributed by atoms with E-state index in [0.29, 0.717) is 22.1 Å². The van der Waals surface area contributed by atoms with E-state index in [-0.39, 0.29) is 0 Å². The van der Waals surface area contributed by atoms with Gasteiger partial charge >= 0.3 is 0 Å². The predicted octanol–water partition coefficient (Wildman–Crippen LogP) is 4.55. The monoisotopic (exact) mass is 280 g/mol. The molecule has 0 saturated heterocycles. The summed E-state index contributed by atoms with van der Waals surface area (Å²) in [7, 11) is 0. The van der Waals surface area contributed by atoms with Gasteiger partial charge in [0.25, 0.3) is 0 Å². The molecule has 3 nitrogen and oxygen atoms in total. The molecule has 1 heterocycles. The van der Waals surface area contributed by atoms with Crippen LogP contribution in [0.4, 0.5) is 0 Å². The maximum atomic E-state index is 8.83. The van der Waals surface area contributed by atoms with Gasteiger partial charge in [-0.15, -0.1) is 0 Å². The summed E-state index contributed by atoms with van der Waals surface area (Å²) < 4.78 is 5.84. The molecule has 0 saturated carbocycles. The second-order valence-corrected chi connectivity index (χ2v) is 4.59. The Morgan fingerprint density at radius 3 is 2.75 bits per heavy atom. The van der Waals surface area contributed by atoms with Gasteiger partial charge in [0.05, 0.1) is 22.2 Å². The third-order valence-electron chi connectivity index (χ3n) is 2.89. The normalized spacial score (nSPS) is 10.2. The van der Waals surface area contributed by atoms with Gasteiger partial charge in [-0.25, -0.2) is 0 Å². The number of ether oxygens (including phenoxy) is 1. The van der Waals surface area contributed by atoms with Gasteiger partial charge < -0.3 is 4.74 Å². The molecular formula is C16H9ClN2O. The van der Waals surface area contributed by atoms with Gasteiger partial charge in [0.15, 0.2) is 0 Å². The highest BCUT2D eigenvalue weighted by molar-refractivity contribution is 6.32. The number of hydrogen-bond donors (Lipinski definition) is 0. The second-order valence-electron chi connectivity index (χ2n) is 4.19. The number of aromatic nitrogens is 1. The van der Waals surface area contributed by atoms with E-state index in [1.807, 2.05) is 36.4 Å². The van der Waals surface area contributed by atoms with E-state index in [2.05, 4.69) is 4.98 Å². The van der Waals surface area contributed by atoms with Crippen molar-refractivity contribution in [3.63, 3.8) is 0 Å². The summed E-state index contributed by atoms with van der Waals surface area (Å²) >= 11 is 6.12. The average Bonchev–Trinajstić information content (AvgIpc) is 2.49. The Bertz CT molecular complexity index is 819. The summed E-state index contributed by atoms with van der Waals surface area (Å²) in [4.78, 5) is 4.28. The van der Waals surface area contributed by atoms with Crippen molar-refractivity contribution in [1.82, 2.24) is 4.98 Å². The van der Waals surface area contributed by atoms with Crippen molar-refractivity contribution < 1.29 is 4.74 Å². The largest absolute Gasteiger partial charge is 0.455 e. The molecule has 0 radical (unpaired) electrons. The van der Waals surface area contributed by atoms with E-state index in [4.69, 9.17) is 21.6 Å². The second kappa shape index (κ2) is 5.20. The lowest BCUT2D eigenvalue weighted by Gasteiger charge is -2.10. The molecular weight excluding hydrogens is 272 g/mol. The minimum Gasteiger partial charge on any atom is -0.455 e. The lowest BCUT2D eigenvalue weighted by molar-refractivity contribution is 0.488. The standard InChI is InChI=1S/C16H9ClN2O/c17-13-9-11(10-18)6-7-16(13)20-15-5-1-4-14-12(15)3-2-8-19-14/h1-9H. The first-order valence-electron chi connectivity index (χ1n) is 5.99. The first kappa shape index (κ1) is 12.5. The topological polar surface area (TPSA) is 45.9 Å². The van der Waals surface area contributed by atoms with Gasteiger partial charge in [0, 0.05) is 11.6 Å². The van der Waals surface area contributed by atoms with Crippen molar-refractivity contribution in [3.8, 4) is 17.6 Å². The summed E-state index contributed by atoms with van der Waals surface area (Å²) in [5, 5.41) is 10.1. The van der Waals surface area contributed by atoms with Crippen molar-refractivity contribution in [2.75, 3.05) is 0 Å². The zero-order chi connectivity index (χ0) is 13.9. The third kappa shape index (κ3) is 2.29. The zero-order valence-electron chi connectivity index (χ0n) is 10.4. The van der Waals surface area contributed by atoms with Crippen LogP contribution < -0.4 is 4.74 Å². The lowest BCUT2D eigenvalue weighted by atomic mass is 10.2. The Balaban J connectivity index is 2.04. The molecule has 0 aliphatic rings. The van der Waals surface area contributed by atoms with Gasteiger partial charge in [-0.2, -0.15) is 5.26 Å². The highest BCUT2D eigenvalue weighted by Crippen LogP contribution is 2.33. The minimum atomic E-state index is 0.407. The Morgan fingerprint density at radius 1 is 1.05 bits per heavy atom. The fourth-order valence-corrected chi connectivity index (χ4v) is 2.15. The summed E-state index contributed by atoms with van der Waals surface area (Å²) in [6, 6.07) is 16.4. The van der Waals surface area contributed by atoms with E-state index < -0.39 is 0 Å². The third-order valence-corrected chi connectivity index (χ3v) is 3.18. The van der Waals surface area contributed by atoms with Crippen molar-refractivity contribution in [3.05, 3.63) is 65.3 Å². The summed E-state index contributed by atoms with van der Waals surface area (Å²) in [5.41, 5.74) is 1.36. The summed E-state index contributed by atoms with van der Waals surface area (Å²) in [6.07, 6.45) is 1.74. The van der Waals surface area contributed by atoms with Crippen LogP contribution in [0.25, 0.3) is 10.9 Å². The van der Waals surface area contributed by atoms with Crippen molar-refractivity contribution in [2.24, 2.45) is 0 Å². The van der Waals surface area contributed by atoms with Crippen LogP contribution in [-0.2, 0) is 0 Å². The van der Waals surface area contributed by atoms with E-state index in [9.17, 15) is 0 Å². The maximum Gasteiger partial charge on any atom is 0.146 e. The number of nitriles is 1. The highest BCUT2D eigenvalue weighted by Gasteiger charge is 2.07. The fraction of sp³-hybridized carbons (Fsp3) is 0. The number of pyridine rings is 1. The van der Waals surface area contributed by atoms with Crippen LogP contribution >= 0.6 is 11.6 Å². The quantitative estimate of drug-likeness (QED) is 0.691. The van der Waals surface area contributed by atoms with Gasteiger partial charge in [-0.05, 0) is 42.5 Å². The van der Waals surface area contributed by atoms with Crippen LogP contribution in [0, 0.1) is 11.3 Å². The molecule has 0 bridgehead atoms. The van der Waals surface area contributed by atoms with Gasteiger partial charge in [0.2, 0.25) is 0 Å². The Labute approximate surface area is 121 Å². The van der Waals surface area contributed by atoms with Crippen molar-refractivity contribution >= 4 is 22.5 Å². The maximum absolute atomic E-state index is 8.83. The van der Waals surface area contributed by atoms with Crippen LogP contribution in [0.3, 0.4) is 0 Å². The molecule has 2 aromatic carbocycles. The molecule has 1 aromatic heterocycles. The summed E-state index contributed by atoms with van der Waals surface area (Å²) in [5.74, 6) is 1.20. The number of hydrogen-bond acceptors (Lipinski definition) is 3. The molecule has 0 unspecified atom stereocenters. The molecule has 0 fully saturated rings. The Morgan fingerprint density at radius 2 is 1.95 bits per heavy atom. The number of rotatable bonds is 2. The van der Waals surface area contributed by atoms with E-state index >= 15 is 0 Å². The molecule has 3 rings (SSSR count). The first-order valence-corrected chi connectivity index (χ1v) is 6.37. The molecule has 0 spiro atoms. The molecule has 0 amide bonds.